The van der Waals surface area contributed by atoms with Crippen molar-refractivity contribution in [1.82, 2.24) is 34.0 Å². The van der Waals surface area contributed by atoms with Gasteiger partial charge in [0.25, 0.3) is 6.43 Å². The number of hydrogen-bond donors (Lipinski definition) is 2. The fourth-order valence-electron chi connectivity index (χ4n) is 6.88. The van der Waals surface area contributed by atoms with Crippen LogP contribution in [0.25, 0.3) is 11.0 Å². The summed E-state index contributed by atoms with van der Waals surface area (Å²) in [6.45, 7) is 5.42. The van der Waals surface area contributed by atoms with Gasteiger partial charge in [0.15, 0.2) is 5.69 Å². The average Bonchev–Trinajstić information content (AvgIpc) is 3.52. The molecule has 3 fully saturated rings. The van der Waals surface area contributed by atoms with Crippen molar-refractivity contribution in [3.63, 3.8) is 0 Å². The molecule has 3 N–H and O–H groups in total. The van der Waals surface area contributed by atoms with Gasteiger partial charge in [-0.1, -0.05) is 17.9 Å². The number of nitrogen functional groups attached to an aromatic ring is 1. The number of nitrogens with zero attached hydrogens (tertiary/aromatic N) is 6. The summed E-state index contributed by atoms with van der Waals surface area (Å²) in [7, 11) is 1.68. The monoisotopic (exact) mass is 608 g/mol. The van der Waals surface area contributed by atoms with Crippen molar-refractivity contribution in [3.05, 3.63) is 46.1 Å². The first-order valence-corrected chi connectivity index (χ1v) is 15.3. The predicted octanol–water partition coefficient (Wildman–Crippen LogP) is 2.43. The van der Waals surface area contributed by atoms with E-state index in [0.717, 1.165) is 64.0 Å². The molecule has 3 aliphatic rings. The minimum Gasteiger partial charge on any atom is -0.396 e. The minimum absolute atomic E-state index is 0.0659. The van der Waals surface area contributed by atoms with Crippen LogP contribution in [0.4, 0.5) is 14.5 Å². The second kappa shape index (κ2) is 12.5. The average molecular weight is 609 g/mol. The standard InChI is InChI=1S/C31H38F2N8O3/c1-37-28-21(4-2-6-24(28)41(31(37)44)25-11-12-26(42)35-30(25)43)5-3-13-38-14-16-39(17-15-38)18-20-7-9-22(10-8-20)40-19-23(34)27(36-40)29(32)33/h2,4,6,19-20,22,25,29H,7-18,34H2,1H3,(H,35,42,43). The zero-order valence-electron chi connectivity index (χ0n) is 24.8. The number of benzene rings is 1. The fraction of sp³-hybridized carbons (Fsp3) is 0.548. The number of piperidine rings is 1. The van der Waals surface area contributed by atoms with E-state index in [1.165, 1.54) is 9.13 Å². The molecule has 13 heteroatoms. The molecule has 2 amide bonds. The maximum atomic E-state index is 13.1. The van der Waals surface area contributed by atoms with Gasteiger partial charge in [0.05, 0.1) is 34.9 Å². The lowest BCUT2D eigenvalue weighted by Crippen LogP contribution is -2.48. The topological polar surface area (TPSA) is 123 Å². The third-order valence-electron chi connectivity index (χ3n) is 9.32. The number of nitrogens with one attached hydrogen (secondary N) is 1. The smallest absolute Gasteiger partial charge is 0.329 e. The van der Waals surface area contributed by atoms with E-state index in [1.807, 2.05) is 18.2 Å². The van der Waals surface area contributed by atoms with Crippen LogP contribution >= 0.6 is 0 Å². The number of piperazine rings is 1. The Balaban J connectivity index is 1.01. The predicted molar refractivity (Wildman–Crippen MR) is 161 cm³/mol. The number of alkyl halides is 2. The maximum absolute atomic E-state index is 13.1. The largest absolute Gasteiger partial charge is 0.396 e. The van der Waals surface area contributed by atoms with Crippen molar-refractivity contribution in [2.24, 2.45) is 13.0 Å². The van der Waals surface area contributed by atoms with E-state index in [9.17, 15) is 23.2 Å². The molecule has 1 saturated carbocycles. The van der Waals surface area contributed by atoms with E-state index >= 15 is 0 Å². The highest BCUT2D eigenvalue weighted by Gasteiger charge is 2.32. The Bertz CT molecular complexity index is 1670. The lowest BCUT2D eigenvalue weighted by Gasteiger charge is -2.37. The van der Waals surface area contributed by atoms with Gasteiger partial charge in [0, 0.05) is 52.4 Å². The molecule has 1 aromatic carbocycles. The number of nitrogens with two attached hydrogens (primary N) is 1. The molecule has 44 heavy (non-hydrogen) atoms. The molecule has 3 aromatic rings. The molecule has 234 valence electrons. The van der Waals surface area contributed by atoms with Crippen molar-refractivity contribution in [2.45, 2.75) is 57.0 Å². The number of imide groups is 1. The molecule has 0 bridgehead atoms. The highest BCUT2D eigenvalue weighted by atomic mass is 19.3. The number of imidazole rings is 1. The third kappa shape index (κ3) is 6.01. The molecule has 1 atom stereocenters. The first kappa shape index (κ1) is 30.0. The van der Waals surface area contributed by atoms with Crippen LogP contribution in [0.1, 0.15) is 68.3 Å². The normalized spacial score (nSPS) is 23.6. The number of halogens is 2. The zero-order chi connectivity index (χ0) is 31.0. The van der Waals surface area contributed by atoms with Gasteiger partial charge in [0.1, 0.15) is 6.04 Å². The summed E-state index contributed by atoms with van der Waals surface area (Å²) >= 11 is 0. The number of hydrogen-bond acceptors (Lipinski definition) is 7. The van der Waals surface area contributed by atoms with Crippen LogP contribution in [0, 0.1) is 17.8 Å². The Morgan fingerprint density at radius 1 is 1.05 bits per heavy atom. The second-order valence-electron chi connectivity index (χ2n) is 12.2. The van der Waals surface area contributed by atoms with E-state index in [0.29, 0.717) is 23.5 Å². The molecule has 0 radical (unpaired) electrons. The van der Waals surface area contributed by atoms with Crippen molar-refractivity contribution in [2.75, 3.05) is 45.0 Å². The van der Waals surface area contributed by atoms with Gasteiger partial charge in [-0.2, -0.15) is 5.10 Å². The molecule has 1 unspecified atom stereocenters. The molecule has 2 saturated heterocycles. The number of aryl methyl sites for hydroxylation is 1. The SMILES string of the molecule is Cn1c(=O)n(C2CCC(=O)NC2=O)c2cccc(C#CCN3CCN(CC4CCC(n5cc(N)c(C(F)F)n5)CC4)CC3)c21. The minimum atomic E-state index is -2.65. The first-order valence-electron chi connectivity index (χ1n) is 15.3. The quantitative estimate of drug-likeness (QED) is 0.326. The molecule has 11 nitrogen and oxygen atoms in total. The molecule has 6 rings (SSSR count). The van der Waals surface area contributed by atoms with Crippen LogP contribution in [0.2, 0.25) is 0 Å². The Labute approximate surface area is 253 Å². The summed E-state index contributed by atoms with van der Waals surface area (Å²) in [6.07, 6.45) is 3.30. The van der Waals surface area contributed by atoms with Gasteiger partial charge in [0.2, 0.25) is 11.8 Å². The highest BCUT2D eigenvalue weighted by Crippen LogP contribution is 2.34. The van der Waals surface area contributed by atoms with Crippen LogP contribution in [-0.4, -0.2) is 79.8 Å². The Morgan fingerprint density at radius 2 is 1.77 bits per heavy atom. The molecule has 4 heterocycles. The number of anilines is 1. The molecule has 1 aliphatic carbocycles. The lowest BCUT2D eigenvalue weighted by molar-refractivity contribution is -0.135. The summed E-state index contributed by atoms with van der Waals surface area (Å²) in [5.41, 5.74) is 7.21. The zero-order valence-corrected chi connectivity index (χ0v) is 24.8. The number of carbonyl (C=O) groups is 2. The third-order valence-corrected chi connectivity index (χ3v) is 9.32. The number of carbonyl (C=O) groups excluding carboxylic acids is 2. The first-order chi connectivity index (χ1) is 21.2. The summed E-state index contributed by atoms with van der Waals surface area (Å²) in [5.74, 6) is 6.35. The molecular weight excluding hydrogens is 570 g/mol. The molecular formula is C31H38F2N8O3. The van der Waals surface area contributed by atoms with Gasteiger partial charge in [-0.25, -0.2) is 13.6 Å². The van der Waals surface area contributed by atoms with Crippen LogP contribution in [0.5, 0.6) is 0 Å². The van der Waals surface area contributed by atoms with Gasteiger partial charge in [-0.15, -0.1) is 0 Å². The van der Waals surface area contributed by atoms with E-state index in [2.05, 4.69) is 32.1 Å². The Morgan fingerprint density at radius 3 is 2.45 bits per heavy atom. The lowest BCUT2D eigenvalue weighted by atomic mass is 9.85. The molecule has 0 spiro atoms. The Kier molecular flexibility index (Phi) is 8.55. The van der Waals surface area contributed by atoms with Gasteiger partial charge < -0.3 is 10.6 Å². The summed E-state index contributed by atoms with van der Waals surface area (Å²) in [4.78, 5) is 42.1. The van der Waals surface area contributed by atoms with E-state index in [1.54, 1.807) is 17.9 Å². The highest BCUT2D eigenvalue weighted by molar-refractivity contribution is 6.00. The number of fused-ring (bicyclic) bond motifs is 1. The number of amides is 2. The van der Waals surface area contributed by atoms with Gasteiger partial charge in [-0.3, -0.25) is 33.6 Å². The summed E-state index contributed by atoms with van der Waals surface area (Å²) in [5, 5.41) is 6.39. The summed E-state index contributed by atoms with van der Waals surface area (Å²) < 4.78 is 30.8. The van der Waals surface area contributed by atoms with E-state index in [4.69, 9.17) is 5.73 Å². The van der Waals surface area contributed by atoms with Crippen molar-refractivity contribution < 1.29 is 18.4 Å². The summed E-state index contributed by atoms with van der Waals surface area (Å²) in [6, 6.07) is 4.94. The van der Waals surface area contributed by atoms with Crippen molar-refractivity contribution >= 4 is 28.5 Å². The van der Waals surface area contributed by atoms with Crippen LogP contribution < -0.4 is 16.7 Å². The van der Waals surface area contributed by atoms with Crippen molar-refractivity contribution in [1.29, 1.82) is 0 Å². The van der Waals surface area contributed by atoms with E-state index in [-0.39, 0.29) is 41.9 Å². The van der Waals surface area contributed by atoms with E-state index < -0.39 is 18.4 Å². The molecule has 2 aromatic heterocycles. The van der Waals surface area contributed by atoms with Crippen LogP contribution in [-0.2, 0) is 16.6 Å². The van der Waals surface area contributed by atoms with Crippen LogP contribution in [0.3, 0.4) is 0 Å². The number of rotatable bonds is 6. The van der Waals surface area contributed by atoms with Crippen LogP contribution in [0.15, 0.2) is 29.2 Å². The number of para-hydroxylation sites is 1. The Hall–Kier alpha value is -4.02. The van der Waals surface area contributed by atoms with Gasteiger partial charge in [-0.05, 0) is 50.2 Å². The maximum Gasteiger partial charge on any atom is 0.329 e. The van der Waals surface area contributed by atoms with Gasteiger partial charge >= 0.3 is 5.69 Å². The molecule has 2 aliphatic heterocycles. The second-order valence-corrected chi connectivity index (χ2v) is 12.2. The van der Waals surface area contributed by atoms with Crippen molar-refractivity contribution in [3.8, 4) is 11.8 Å². The fourth-order valence-corrected chi connectivity index (χ4v) is 6.88. The number of aromatic nitrogens is 4.